The molecule has 34 heavy (non-hydrogen) atoms. The number of hydrogen-bond donors (Lipinski definition) is 1. The zero-order chi connectivity index (χ0) is 23.5. The predicted molar refractivity (Wildman–Crippen MR) is 139 cm³/mol. The summed E-state index contributed by atoms with van der Waals surface area (Å²) in [5.74, 6) is 1.01. The standard InChI is InChI=1S/C28H24N2O3S/c1-2-33-25-13-6-5-12-24(25)30-26(31)18-34-28(30)20-14-16-21(17-15-20)29-27(32)23-11-7-9-19-8-3-4-10-22(19)23/h3-17,28H,2,18H2,1H3,(H,29,32)/t28-/m1/s1. The van der Waals surface area contributed by atoms with Crippen LogP contribution in [0.4, 0.5) is 11.4 Å². The number of benzene rings is 4. The second-order valence-electron chi connectivity index (χ2n) is 7.93. The highest BCUT2D eigenvalue weighted by Gasteiger charge is 2.35. The number of rotatable bonds is 6. The third-order valence-corrected chi connectivity index (χ3v) is 6.99. The van der Waals surface area contributed by atoms with E-state index >= 15 is 0 Å². The van der Waals surface area contributed by atoms with Crippen LogP contribution in [0.2, 0.25) is 0 Å². The molecule has 1 fully saturated rings. The van der Waals surface area contributed by atoms with E-state index in [2.05, 4.69) is 5.32 Å². The number of hydrogen-bond acceptors (Lipinski definition) is 4. The maximum absolute atomic E-state index is 13.0. The largest absolute Gasteiger partial charge is 0.492 e. The lowest BCUT2D eigenvalue weighted by Crippen LogP contribution is -2.28. The van der Waals surface area contributed by atoms with Gasteiger partial charge in [0.05, 0.1) is 18.0 Å². The van der Waals surface area contributed by atoms with Crippen LogP contribution >= 0.6 is 11.8 Å². The van der Waals surface area contributed by atoms with E-state index in [-0.39, 0.29) is 17.2 Å². The summed E-state index contributed by atoms with van der Waals surface area (Å²) in [5, 5.41) is 4.79. The maximum Gasteiger partial charge on any atom is 0.256 e. The minimum absolute atomic E-state index is 0.0514. The fraction of sp³-hybridized carbons (Fsp3) is 0.143. The first-order chi connectivity index (χ1) is 16.7. The minimum Gasteiger partial charge on any atom is -0.492 e. The first-order valence-electron chi connectivity index (χ1n) is 11.2. The van der Waals surface area contributed by atoms with E-state index in [1.165, 1.54) is 0 Å². The zero-order valence-electron chi connectivity index (χ0n) is 18.7. The molecule has 170 valence electrons. The molecule has 1 aliphatic heterocycles. The highest BCUT2D eigenvalue weighted by molar-refractivity contribution is 8.00. The van der Waals surface area contributed by atoms with E-state index in [1.807, 2.05) is 97.9 Å². The molecule has 1 heterocycles. The van der Waals surface area contributed by atoms with E-state index < -0.39 is 0 Å². The predicted octanol–water partition coefficient (Wildman–Crippen LogP) is 6.27. The number of thioether (sulfide) groups is 1. The molecule has 4 aromatic rings. The number of nitrogens with one attached hydrogen (secondary N) is 1. The Balaban J connectivity index is 1.37. The van der Waals surface area contributed by atoms with Crippen molar-refractivity contribution in [3.63, 3.8) is 0 Å². The van der Waals surface area contributed by atoms with Gasteiger partial charge < -0.3 is 10.1 Å². The molecule has 6 heteroatoms. The number of amides is 2. The SMILES string of the molecule is CCOc1ccccc1N1C(=O)CS[C@@H]1c1ccc(NC(=O)c2cccc3ccccc23)cc1. The number of anilines is 2. The average molecular weight is 469 g/mol. The molecule has 2 amide bonds. The summed E-state index contributed by atoms with van der Waals surface area (Å²) < 4.78 is 5.77. The average Bonchev–Trinajstić information content (AvgIpc) is 3.25. The Bertz CT molecular complexity index is 1350. The molecule has 0 aromatic heterocycles. The number of nitrogens with zero attached hydrogens (tertiary/aromatic N) is 1. The molecular weight excluding hydrogens is 444 g/mol. The van der Waals surface area contributed by atoms with E-state index in [9.17, 15) is 9.59 Å². The van der Waals surface area contributed by atoms with Crippen LogP contribution in [-0.2, 0) is 4.79 Å². The summed E-state index contributed by atoms with van der Waals surface area (Å²) in [5.41, 5.74) is 3.11. The molecule has 4 aromatic carbocycles. The van der Waals surface area contributed by atoms with Crippen LogP contribution in [0.25, 0.3) is 10.8 Å². The second-order valence-corrected chi connectivity index (χ2v) is 9.00. The Hall–Kier alpha value is -3.77. The first-order valence-corrected chi connectivity index (χ1v) is 12.2. The fourth-order valence-corrected chi connectivity index (χ4v) is 5.39. The summed E-state index contributed by atoms with van der Waals surface area (Å²) in [6, 6.07) is 28.9. The van der Waals surface area contributed by atoms with Crippen molar-refractivity contribution in [2.24, 2.45) is 0 Å². The van der Waals surface area contributed by atoms with Gasteiger partial charge in [0.25, 0.3) is 5.91 Å². The van der Waals surface area contributed by atoms with E-state index in [1.54, 1.807) is 16.7 Å². The van der Waals surface area contributed by atoms with E-state index in [4.69, 9.17) is 4.74 Å². The van der Waals surface area contributed by atoms with Gasteiger partial charge in [0.1, 0.15) is 11.1 Å². The summed E-state index contributed by atoms with van der Waals surface area (Å²) in [6.45, 7) is 2.46. The van der Waals surface area contributed by atoms with Crippen molar-refractivity contribution in [3.05, 3.63) is 102 Å². The molecule has 0 spiro atoms. The van der Waals surface area contributed by atoms with Gasteiger partial charge in [-0.1, -0.05) is 60.7 Å². The van der Waals surface area contributed by atoms with Gasteiger partial charge in [-0.15, -0.1) is 11.8 Å². The Morgan fingerprint density at radius 2 is 1.71 bits per heavy atom. The number of fused-ring (bicyclic) bond motifs is 1. The Kier molecular flexibility index (Phi) is 6.23. The lowest BCUT2D eigenvalue weighted by atomic mass is 10.0. The Labute approximate surface area is 202 Å². The molecule has 5 rings (SSSR count). The normalized spacial score (nSPS) is 15.5. The van der Waals surface area contributed by atoms with Crippen LogP contribution in [0.5, 0.6) is 5.75 Å². The third-order valence-electron chi connectivity index (χ3n) is 5.78. The van der Waals surface area contributed by atoms with Gasteiger partial charge >= 0.3 is 0 Å². The van der Waals surface area contributed by atoms with Crippen LogP contribution in [0.3, 0.4) is 0 Å². The lowest BCUT2D eigenvalue weighted by Gasteiger charge is -2.26. The van der Waals surface area contributed by atoms with Crippen molar-refractivity contribution in [2.75, 3.05) is 22.6 Å². The quantitative estimate of drug-likeness (QED) is 0.362. The summed E-state index contributed by atoms with van der Waals surface area (Å²) in [6.07, 6.45) is 0. The molecule has 0 unspecified atom stereocenters. The molecule has 1 aliphatic rings. The topological polar surface area (TPSA) is 58.6 Å². The van der Waals surface area contributed by atoms with Gasteiger partial charge in [0, 0.05) is 11.3 Å². The lowest BCUT2D eigenvalue weighted by molar-refractivity contribution is -0.115. The Morgan fingerprint density at radius 1 is 0.971 bits per heavy atom. The van der Waals surface area contributed by atoms with Crippen LogP contribution < -0.4 is 15.0 Å². The van der Waals surface area contributed by atoms with Crippen LogP contribution in [0.15, 0.2) is 91.0 Å². The molecule has 0 saturated carbocycles. The molecule has 1 saturated heterocycles. The van der Waals surface area contributed by atoms with Crippen molar-refractivity contribution in [2.45, 2.75) is 12.3 Å². The molecule has 0 aliphatic carbocycles. The van der Waals surface area contributed by atoms with Crippen LogP contribution in [0, 0.1) is 0 Å². The molecule has 1 atom stereocenters. The first kappa shape index (κ1) is 22.0. The van der Waals surface area contributed by atoms with Gasteiger partial charge in [-0.3, -0.25) is 14.5 Å². The maximum atomic E-state index is 13.0. The van der Waals surface area contributed by atoms with Crippen LogP contribution in [-0.4, -0.2) is 24.2 Å². The summed E-state index contributed by atoms with van der Waals surface area (Å²) >= 11 is 1.58. The zero-order valence-corrected chi connectivity index (χ0v) is 19.5. The molecule has 0 radical (unpaired) electrons. The number of para-hydroxylation sites is 2. The number of carbonyl (C=O) groups excluding carboxylic acids is 2. The van der Waals surface area contributed by atoms with Gasteiger partial charge in [-0.2, -0.15) is 0 Å². The highest BCUT2D eigenvalue weighted by Crippen LogP contribution is 2.44. The van der Waals surface area contributed by atoms with E-state index in [0.29, 0.717) is 29.4 Å². The van der Waals surface area contributed by atoms with Gasteiger partial charge in [-0.25, -0.2) is 0 Å². The fourth-order valence-electron chi connectivity index (χ4n) is 4.22. The van der Waals surface area contributed by atoms with Gasteiger partial charge in [0.15, 0.2) is 0 Å². The Morgan fingerprint density at radius 3 is 2.53 bits per heavy atom. The number of ether oxygens (including phenoxy) is 1. The molecule has 5 nitrogen and oxygen atoms in total. The minimum atomic E-state index is -0.156. The highest BCUT2D eigenvalue weighted by atomic mass is 32.2. The van der Waals surface area contributed by atoms with Crippen molar-refractivity contribution in [1.82, 2.24) is 0 Å². The van der Waals surface area contributed by atoms with Crippen LogP contribution in [0.1, 0.15) is 28.2 Å². The van der Waals surface area contributed by atoms with Gasteiger partial charge in [-0.05, 0) is 53.6 Å². The van der Waals surface area contributed by atoms with Crippen molar-refractivity contribution >= 4 is 45.7 Å². The summed E-state index contributed by atoms with van der Waals surface area (Å²) in [4.78, 5) is 27.6. The number of carbonyl (C=O) groups is 2. The van der Waals surface area contributed by atoms with Gasteiger partial charge in [0.2, 0.25) is 5.91 Å². The molecule has 0 bridgehead atoms. The smallest absolute Gasteiger partial charge is 0.256 e. The van der Waals surface area contributed by atoms with Crippen molar-refractivity contribution in [1.29, 1.82) is 0 Å². The van der Waals surface area contributed by atoms with Crippen molar-refractivity contribution in [3.8, 4) is 5.75 Å². The van der Waals surface area contributed by atoms with Crippen molar-refractivity contribution < 1.29 is 14.3 Å². The third kappa shape index (κ3) is 4.24. The summed E-state index contributed by atoms with van der Waals surface area (Å²) in [7, 11) is 0. The monoisotopic (exact) mass is 468 g/mol. The van der Waals surface area contributed by atoms with E-state index in [0.717, 1.165) is 22.0 Å². The second kappa shape index (κ2) is 9.61. The molecular formula is C28H24N2O3S. The molecule has 1 N–H and O–H groups in total.